The minimum atomic E-state index is -0.628. The van der Waals surface area contributed by atoms with Crippen LogP contribution in [0.25, 0.3) is 0 Å². The average Bonchev–Trinajstić information content (AvgIpc) is 2.62. The van der Waals surface area contributed by atoms with Crippen LogP contribution in [-0.2, 0) is 17.9 Å². The summed E-state index contributed by atoms with van der Waals surface area (Å²) in [6.07, 6.45) is 1.77. The molecule has 1 fully saturated rings. The van der Waals surface area contributed by atoms with Gasteiger partial charge in [-0.1, -0.05) is 6.07 Å². The number of hydrogen-bond donors (Lipinski definition) is 0. The molecule has 2 heterocycles. The van der Waals surface area contributed by atoms with Crippen molar-refractivity contribution in [3.8, 4) is 5.75 Å². The molecule has 0 spiro atoms. The third-order valence-electron chi connectivity index (χ3n) is 4.90. The number of carbonyl (C=O) groups excluding carboxylic acids is 1. The van der Waals surface area contributed by atoms with Gasteiger partial charge >= 0.3 is 0 Å². The number of hydrogen-bond acceptors (Lipinski definition) is 4. The van der Waals surface area contributed by atoms with Crippen molar-refractivity contribution >= 4 is 5.91 Å². The van der Waals surface area contributed by atoms with Gasteiger partial charge in [-0.15, -0.1) is 0 Å². The zero-order valence-corrected chi connectivity index (χ0v) is 15.8. The van der Waals surface area contributed by atoms with Crippen molar-refractivity contribution in [2.24, 2.45) is 0 Å². The van der Waals surface area contributed by atoms with Crippen LogP contribution in [0.1, 0.15) is 22.4 Å². The number of aromatic nitrogens is 1. The molecule has 1 aliphatic rings. The van der Waals surface area contributed by atoms with Crippen molar-refractivity contribution in [3.05, 3.63) is 58.4 Å². The number of benzene rings is 1. The van der Waals surface area contributed by atoms with Gasteiger partial charge in [0.05, 0.1) is 19.3 Å². The standard InChI is InChI=1S/C20H23F2N3O2/c1-13-9-23-18(14(2)20(13)27-3)11-24-6-7-25(19(26)12-24)10-15-4-5-16(21)8-17(15)22/h4-5,8-9H,6-7,10-12H2,1-3H3. The molecule has 2 aromatic rings. The molecule has 1 aliphatic heterocycles. The van der Waals surface area contributed by atoms with Gasteiger partial charge in [-0.2, -0.15) is 0 Å². The minimum Gasteiger partial charge on any atom is -0.496 e. The second kappa shape index (κ2) is 8.00. The van der Waals surface area contributed by atoms with E-state index in [2.05, 4.69) is 4.98 Å². The van der Waals surface area contributed by atoms with E-state index in [1.165, 1.54) is 12.1 Å². The van der Waals surface area contributed by atoms with Crippen molar-refractivity contribution < 1.29 is 18.3 Å². The Bertz CT molecular complexity index is 857. The van der Waals surface area contributed by atoms with Gasteiger partial charge < -0.3 is 9.64 Å². The summed E-state index contributed by atoms with van der Waals surface area (Å²) in [5, 5.41) is 0. The lowest BCUT2D eigenvalue weighted by atomic mass is 10.1. The van der Waals surface area contributed by atoms with Crippen molar-refractivity contribution in [3.63, 3.8) is 0 Å². The predicted octanol–water partition coefficient (Wildman–Crippen LogP) is 2.83. The van der Waals surface area contributed by atoms with Crippen LogP contribution in [0.3, 0.4) is 0 Å². The SMILES string of the molecule is COc1c(C)cnc(CN2CCN(Cc3ccc(F)cc3F)C(=O)C2)c1C. The Labute approximate surface area is 157 Å². The number of pyridine rings is 1. The maximum absolute atomic E-state index is 13.8. The lowest BCUT2D eigenvalue weighted by Crippen LogP contribution is -2.49. The minimum absolute atomic E-state index is 0.0818. The highest BCUT2D eigenvalue weighted by Gasteiger charge is 2.25. The van der Waals surface area contributed by atoms with E-state index in [1.54, 1.807) is 18.2 Å². The Morgan fingerprint density at radius 1 is 1.19 bits per heavy atom. The molecular formula is C20H23F2N3O2. The maximum Gasteiger partial charge on any atom is 0.237 e. The van der Waals surface area contributed by atoms with Crippen LogP contribution < -0.4 is 4.74 Å². The highest BCUT2D eigenvalue weighted by molar-refractivity contribution is 5.79. The molecule has 3 rings (SSSR count). The molecular weight excluding hydrogens is 352 g/mol. The number of piperazine rings is 1. The number of rotatable bonds is 5. The van der Waals surface area contributed by atoms with Crippen LogP contribution in [0.5, 0.6) is 5.75 Å². The fourth-order valence-corrected chi connectivity index (χ4v) is 3.36. The van der Waals surface area contributed by atoms with Crippen molar-refractivity contribution in [2.75, 3.05) is 26.7 Å². The summed E-state index contributed by atoms with van der Waals surface area (Å²) in [6, 6.07) is 3.43. The average molecular weight is 375 g/mol. The molecule has 1 amide bonds. The fraction of sp³-hybridized carbons (Fsp3) is 0.400. The number of carbonyl (C=O) groups is 1. The van der Waals surface area contributed by atoms with Crippen LogP contribution in [-0.4, -0.2) is 47.4 Å². The van der Waals surface area contributed by atoms with Gasteiger partial charge in [-0.25, -0.2) is 8.78 Å². The zero-order valence-electron chi connectivity index (χ0n) is 15.8. The lowest BCUT2D eigenvalue weighted by molar-refractivity contribution is -0.136. The first-order chi connectivity index (χ1) is 12.9. The second-order valence-electron chi connectivity index (χ2n) is 6.81. The second-order valence-corrected chi connectivity index (χ2v) is 6.81. The van der Waals surface area contributed by atoms with E-state index in [1.807, 2.05) is 18.7 Å². The van der Waals surface area contributed by atoms with Crippen LogP contribution in [0.15, 0.2) is 24.4 Å². The van der Waals surface area contributed by atoms with E-state index in [4.69, 9.17) is 4.74 Å². The summed E-state index contributed by atoms with van der Waals surface area (Å²) < 4.78 is 32.3. The first-order valence-corrected chi connectivity index (χ1v) is 8.82. The van der Waals surface area contributed by atoms with Gasteiger partial charge in [0, 0.05) is 55.1 Å². The van der Waals surface area contributed by atoms with Gasteiger partial charge in [-0.05, 0) is 19.9 Å². The van der Waals surface area contributed by atoms with Crippen molar-refractivity contribution in [1.82, 2.24) is 14.8 Å². The van der Waals surface area contributed by atoms with Crippen LogP contribution in [0.4, 0.5) is 8.78 Å². The van der Waals surface area contributed by atoms with E-state index in [0.717, 1.165) is 28.6 Å². The predicted molar refractivity (Wildman–Crippen MR) is 97.3 cm³/mol. The third-order valence-corrected chi connectivity index (χ3v) is 4.90. The molecule has 1 saturated heterocycles. The molecule has 7 heteroatoms. The fourth-order valence-electron chi connectivity index (χ4n) is 3.36. The monoisotopic (exact) mass is 375 g/mol. The van der Waals surface area contributed by atoms with E-state index < -0.39 is 11.6 Å². The van der Waals surface area contributed by atoms with Gasteiger partial charge in [-0.3, -0.25) is 14.7 Å². The number of ether oxygens (including phenoxy) is 1. The van der Waals surface area contributed by atoms with Gasteiger partial charge in [0.1, 0.15) is 17.4 Å². The zero-order chi connectivity index (χ0) is 19.6. The molecule has 0 N–H and O–H groups in total. The van der Waals surface area contributed by atoms with E-state index in [0.29, 0.717) is 25.2 Å². The number of methoxy groups -OCH3 is 1. The van der Waals surface area contributed by atoms with Crippen molar-refractivity contribution in [2.45, 2.75) is 26.9 Å². The summed E-state index contributed by atoms with van der Waals surface area (Å²) in [4.78, 5) is 20.6. The lowest BCUT2D eigenvalue weighted by Gasteiger charge is -2.34. The van der Waals surface area contributed by atoms with Crippen molar-refractivity contribution in [1.29, 1.82) is 0 Å². The molecule has 27 heavy (non-hydrogen) atoms. The first kappa shape index (κ1) is 19.2. The summed E-state index contributed by atoms with van der Waals surface area (Å²) in [5.41, 5.74) is 3.14. The Morgan fingerprint density at radius 3 is 2.63 bits per heavy atom. The summed E-state index contributed by atoms with van der Waals surface area (Å²) in [7, 11) is 1.63. The molecule has 0 radical (unpaired) electrons. The molecule has 0 bridgehead atoms. The van der Waals surface area contributed by atoms with Crippen LogP contribution >= 0.6 is 0 Å². The third kappa shape index (κ3) is 4.24. The highest BCUT2D eigenvalue weighted by Crippen LogP contribution is 2.25. The molecule has 1 aromatic carbocycles. The topological polar surface area (TPSA) is 45.7 Å². The number of halogens is 2. The Balaban J connectivity index is 1.64. The van der Waals surface area contributed by atoms with Crippen LogP contribution in [0.2, 0.25) is 0 Å². The molecule has 0 unspecified atom stereocenters. The summed E-state index contributed by atoms with van der Waals surface area (Å²) in [6.45, 7) is 5.98. The Hall–Kier alpha value is -2.54. The smallest absolute Gasteiger partial charge is 0.237 e. The van der Waals surface area contributed by atoms with E-state index in [9.17, 15) is 13.6 Å². The van der Waals surface area contributed by atoms with Gasteiger partial charge in [0.15, 0.2) is 0 Å². The van der Waals surface area contributed by atoms with Crippen LogP contribution in [0, 0.1) is 25.5 Å². The largest absolute Gasteiger partial charge is 0.496 e. The molecule has 0 aliphatic carbocycles. The van der Waals surface area contributed by atoms with Gasteiger partial charge in [0.25, 0.3) is 0 Å². The number of amides is 1. The molecule has 5 nitrogen and oxygen atoms in total. The first-order valence-electron chi connectivity index (χ1n) is 8.82. The summed E-state index contributed by atoms with van der Waals surface area (Å²) in [5.74, 6) is -0.515. The molecule has 1 aromatic heterocycles. The van der Waals surface area contributed by atoms with E-state index >= 15 is 0 Å². The molecule has 144 valence electrons. The molecule has 0 atom stereocenters. The molecule has 0 saturated carbocycles. The van der Waals surface area contributed by atoms with Gasteiger partial charge in [0.2, 0.25) is 5.91 Å². The number of aryl methyl sites for hydroxylation is 1. The highest BCUT2D eigenvalue weighted by atomic mass is 19.1. The normalized spacial score (nSPS) is 15.3. The summed E-state index contributed by atoms with van der Waals surface area (Å²) >= 11 is 0. The Kier molecular flexibility index (Phi) is 5.70. The number of nitrogens with zero attached hydrogens (tertiary/aromatic N) is 3. The Morgan fingerprint density at radius 2 is 1.96 bits per heavy atom. The maximum atomic E-state index is 13.8. The quantitative estimate of drug-likeness (QED) is 0.806. The van der Waals surface area contributed by atoms with E-state index in [-0.39, 0.29) is 19.0 Å².